The Kier molecular flexibility index (Phi) is 4.20. The van der Waals surface area contributed by atoms with Crippen molar-refractivity contribution in [2.24, 2.45) is 5.73 Å². The van der Waals surface area contributed by atoms with Gasteiger partial charge in [-0.05, 0) is 37.1 Å². The Morgan fingerprint density at radius 3 is 2.53 bits per heavy atom. The van der Waals surface area contributed by atoms with Gasteiger partial charge in [0.15, 0.2) is 0 Å². The van der Waals surface area contributed by atoms with E-state index in [2.05, 4.69) is 0 Å². The molecule has 2 N–H and O–H groups in total. The number of aryl methyl sites for hydroxylation is 1. The molecular formula is C12H15FN2O2. The van der Waals surface area contributed by atoms with Crippen molar-refractivity contribution in [1.82, 2.24) is 4.90 Å². The standard InChI is InChI=1S/C12H15FN2O2/c1-3-15(12(17)11(14)16)7-9-4-5-10(13)6-8(9)2/h4-6H,3,7H2,1-2H3,(H2,14,16). The second kappa shape index (κ2) is 5.43. The van der Waals surface area contributed by atoms with Crippen LogP contribution < -0.4 is 5.73 Å². The Labute approximate surface area is 99.2 Å². The first-order valence-electron chi connectivity index (χ1n) is 5.29. The third-order valence-electron chi connectivity index (χ3n) is 2.55. The highest BCUT2D eigenvalue weighted by atomic mass is 19.1. The minimum atomic E-state index is -0.980. The van der Waals surface area contributed by atoms with E-state index in [4.69, 9.17) is 5.73 Å². The first-order valence-corrected chi connectivity index (χ1v) is 5.29. The third-order valence-corrected chi connectivity index (χ3v) is 2.55. The Hall–Kier alpha value is -1.91. The third kappa shape index (κ3) is 3.27. The number of amides is 2. The summed E-state index contributed by atoms with van der Waals surface area (Å²) in [6.07, 6.45) is 0. The largest absolute Gasteiger partial charge is 0.361 e. The van der Waals surface area contributed by atoms with Crippen LogP contribution in [0.3, 0.4) is 0 Å². The Bertz CT molecular complexity index is 446. The molecule has 4 nitrogen and oxygen atoms in total. The maximum atomic E-state index is 12.9. The van der Waals surface area contributed by atoms with E-state index in [0.29, 0.717) is 6.54 Å². The number of hydrogen-bond donors (Lipinski definition) is 1. The van der Waals surface area contributed by atoms with Crippen LogP contribution in [0.5, 0.6) is 0 Å². The minimum absolute atomic E-state index is 0.254. The van der Waals surface area contributed by atoms with Gasteiger partial charge in [0.2, 0.25) is 0 Å². The van der Waals surface area contributed by atoms with E-state index < -0.39 is 11.8 Å². The number of rotatable bonds is 3. The summed E-state index contributed by atoms with van der Waals surface area (Å²) in [5.74, 6) is -2.03. The summed E-state index contributed by atoms with van der Waals surface area (Å²) in [6, 6.07) is 4.31. The Morgan fingerprint density at radius 1 is 1.41 bits per heavy atom. The number of nitrogens with zero attached hydrogens (tertiary/aromatic N) is 1. The first-order chi connectivity index (χ1) is 7.95. The maximum absolute atomic E-state index is 12.9. The van der Waals surface area contributed by atoms with Crippen LogP contribution in [-0.4, -0.2) is 23.3 Å². The molecule has 0 saturated carbocycles. The van der Waals surface area contributed by atoms with E-state index in [1.54, 1.807) is 19.9 Å². The van der Waals surface area contributed by atoms with Crippen LogP contribution in [0.15, 0.2) is 18.2 Å². The monoisotopic (exact) mass is 238 g/mol. The predicted octanol–water partition coefficient (Wildman–Crippen LogP) is 0.968. The van der Waals surface area contributed by atoms with Gasteiger partial charge in [-0.3, -0.25) is 9.59 Å². The fourth-order valence-electron chi connectivity index (χ4n) is 1.53. The molecule has 17 heavy (non-hydrogen) atoms. The lowest BCUT2D eigenvalue weighted by atomic mass is 10.1. The van der Waals surface area contributed by atoms with E-state index in [0.717, 1.165) is 11.1 Å². The fourth-order valence-corrected chi connectivity index (χ4v) is 1.53. The van der Waals surface area contributed by atoms with Gasteiger partial charge in [0, 0.05) is 13.1 Å². The molecule has 0 aliphatic carbocycles. The summed E-state index contributed by atoms with van der Waals surface area (Å²) >= 11 is 0. The van der Waals surface area contributed by atoms with E-state index in [1.165, 1.54) is 17.0 Å². The van der Waals surface area contributed by atoms with Crippen LogP contribution in [-0.2, 0) is 16.1 Å². The van der Waals surface area contributed by atoms with Crippen molar-refractivity contribution in [1.29, 1.82) is 0 Å². The summed E-state index contributed by atoms with van der Waals surface area (Å²) in [6.45, 7) is 4.13. The fraction of sp³-hybridized carbons (Fsp3) is 0.333. The highest BCUT2D eigenvalue weighted by Gasteiger charge is 2.18. The zero-order chi connectivity index (χ0) is 13.0. The van der Waals surface area contributed by atoms with Crippen LogP contribution in [0, 0.1) is 12.7 Å². The molecule has 1 aromatic carbocycles. The highest BCUT2D eigenvalue weighted by molar-refractivity contribution is 6.34. The molecule has 0 heterocycles. The van der Waals surface area contributed by atoms with Gasteiger partial charge in [-0.2, -0.15) is 0 Å². The summed E-state index contributed by atoms with van der Waals surface area (Å²) < 4.78 is 12.9. The van der Waals surface area contributed by atoms with Gasteiger partial charge in [0.25, 0.3) is 0 Å². The topological polar surface area (TPSA) is 63.4 Å². The predicted molar refractivity (Wildman–Crippen MR) is 61.4 cm³/mol. The zero-order valence-corrected chi connectivity index (χ0v) is 9.87. The van der Waals surface area contributed by atoms with Crippen molar-refractivity contribution < 1.29 is 14.0 Å². The molecule has 0 aliphatic rings. The molecule has 0 aromatic heterocycles. The number of likely N-dealkylation sites (N-methyl/N-ethyl adjacent to an activating group) is 1. The van der Waals surface area contributed by atoms with Gasteiger partial charge in [-0.25, -0.2) is 4.39 Å². The summed E-state index contributed by atoms with van der Waals surface area (Å²) in [5.41, 5.74) is 6.47. The average Bonchev–Trinajstić information content (AvgIpc) is 2.27. The van der Waals surface area contributed by atoms with Crippen LogP contribution in [0.1, 0.15) is 18.1 Å². The zero-order valence-electron chi connectivity index (χ0n) is 9.87. The lowest BCUT2D eigenvalue weighted by Gasteiger charge is -2.20. The first kappa shape index (κ1) is 13.2. The molecule has 92 valence electrons. The summed E-state index contributed by atoms with van der Waals surface area (Å²) in [5, 5.41) is 0. The van der Waals surface area contributed by atoms with Crippen LogP contribution in [0.4, 0.5) is 4.39 Å². The summed E-state index contributed by atoms with van der Waals surface area (Å²) in [7, 11) is 0. The van der Waals surface area contributed by atoms with Crippen molar-refractivity contribution in [3.63, 3.8) is 0 Å². The molecule has 0 unspecified atom stereocenters. The van der Waals surface area contributed by atoms with Gasteiger partial charge < -0.3 is 10.6 Å². The lowest BCUT2D eigenvalue weighted by Crippen LogP contribution is -2.39. The SMILES string of the molecule is CCN(Cc1ccc(F)cc1C)C(=O)C(N)=O. The van der Waals surface area contributed by atoms with Crippen LogP contribution >= 0.6 is 0 Å². The number of carbonyl (C=O) groups excluding carboxylic acids is 2. The molecule has 0 radical (unpaired) electrons. The number of hydrogen-bond acceptors (Lipinski definition) is 2. The molecule has 0 fully saturated rings. The van der Waals surface area contributed by atoms with Crippen LogP contribution in [0.25, 0.3) is 0 Å². The van der Waals surface area contributed by atoms with E-state index in [9.17, 15) is 14.0 Å². The van der Waals surface area contributed by atoms with Gasteiger partial charge in [0.1, 0.15) is 5.82 Å². The van der Waals surface area contributed by atoms with E-state index in [1.807, 2.05) is 0 Å². The van der Waals surface area contributed by atoms with Gasteiger partial charge >= 0.3 is 11.8 Å². The molecule has 2 amide bonds. The molecule has 0 aliphatic heterocycles. The van der Waals surface area contributed by atoms with E-state index in [-0.39, 0.29) is 12.4 Å². The highest BCUT2D eigenvalue weighted by Crippen LogP contribution is 2.12. The summed E-state index contributed by atoms with van der Waals surface area (Å²) in [4.78, 5) is 23.6. The smallest absolute Gasteiger partial charge is 0.311 e. The molecule has 1 aromatic rings. The Morgan fingerprint density at radius 2 is 2.06 bits per heavy atom. The van der Waals surface area contributed by atoms with Crippen molar-refractivity contribution in [3.05, 3.63) is 35.1 Å². The van der Waals surface area contributed by atoms with E-state index >= 15 is 0 Å². The van der Waals surface area contributed by atoms with Gasteiger partial charge in [-0.1, -0.05) is 6.07 Å². The second-order valence-electron chi connectivity index (χ2n) is 3.75. The number of halogens is 1. The molecular weight excluding hydrogens is 223 g/mol. The normalized spacial score (nSPS) is 10.1. The van der Waals surface area contributed by atoms with Crippen molar-refractivity contribution in [2.45, 2.75) is 20.4 Å². The number of primary amides is 1. The number of carbonyl (C=O) groups is 2. The maximum Gasteiger partial charge on any atom is 0.311 e. The Balaban J connectivity index is 2.88. The average molecular weight is 238 g/mol. The van der Waals surface area contributed by atoms with Gasteiger partial charge in [-0.15, -0.1) is 0 Å². The molecule has 0 spiro atoms. The minimum Gasteiger partial charge on any atom is -0.361 e. The lowest BCUT2D eigenvalue weighted by molar-refractivity contribution is -0.144. The molecule has 1 rings (SSSR count). The molecule has 0 bridgehead atoms. The van der Waals surface area contributed by atoms with Crippen molar-refractivity contribution in [3.8, 4) is 0 Å². The van der Waals surface area contributed by atoms with Gasteiger partial charge in [0.05, 0.1) is 0 Å². The molecule has 5 heteroatoms. The molecule has 0 saturated heterocycles. The van der Waals surface area contributed by atoms with Crippen molar-refractivity contribution in [2.75, 3.05) is 6.54 Å². The second-order valence-corrected chi connectivity index (χ2v) is 3.75. The number of benzene rings is 1. The van der Waals surface area contributed by atoms with Crippen molar-refractivity contribution >= 4 is 11.8 Å². The molecule has 0 atom stereocenters. The number of nitrogens with two attached hydrogens (primary N) is 1. The quantitative estimate of drug-likeness (QED) is 0.797. The van der Waals surface area contributed by atoms with Crippen LogP contribution in [0.2, 0.25) is 0 Å².